The van der Waals surface area contributed by atoms with E-state index in [9.17, 15) is 4.79 Å². The van der Waals surface area contributed by atoms with E-state index in [1.807, 2.05) is 18.9 Å². The molecule has 1 rings (SSSR count). The summed E-state index contributed by atoms with van der Waals surface area (Å²) in [6.07, 6.45) is 0.427. The molecule has 1 atom stereocenters. The van der Waals surface area contributed by atoms with Gasteiger partial charge in [0.15, 0.2) is 0 Å². The Balaban J connectivity index is 2.78. The van der Waals surface area contributed by atoms with Crippen molar-refractivity contribution in [2.45, 2.75) is 19.4 Å². The van der Waals surface area contributed by atoms with Crippen molar-refractivity contribution in [3.05, 3.63) is 17.0 Å². The van der Waals surface area contributed by atoms with Crippen LogP contribution in [0, 0.1) is 11.3 Å². The molecule has 1 aromatic heterocycles. The Morgan fingerprint density at radius 1 is 1.73 bits per heavy atom. The van der Waals surface area contributed by atoms with Crippen molar-refractivity contribution in [1.29, 1.82) is 5.26 Å². The number of carboxylic acids is 1. The van der Waals surface area contributed by atoms with Crippen LogP contribution < -0.4 is 4.90 Å². The van der Waals surface area contributed by atoms with Crippen LogP contribution in [0.5, 0.6) is 0 Å². The van der Waals surface area contributed by atoms with Gasteiger partial charge in [0.05, 0.1) is 17.5 Å². The van der Waals surface area contributed by atoms with Crippen molar-refractivity contribution in [2.75, 3.05) is 11.9 Å². The zero-order valence-corrected chi connectivity index (χ0v) is 9.41. The predicted octanol–water partition coefficient (Wildman–Crippen LogP) is 2.18. The first-order valence-corrected chi connectivity index (χ1v) is 5.30. The minimum Gasteiger partial charge on any atom is -0.477 e. The minimum absolute atomic E-state index is 0.0929. The maximum atomic E-state index is 10.7. The van der Waals surface area contributed by atoms with E-state index in [-0.39, 0.29) is 6.04 Å². The number of aromatic carboxylic acids is 1. The van der Waals surface area contributed by atoms with Gasteiger partial charge in [0.1, 0.15) is 4.88 Å². The summed E-state index contributed by atoms with van der Waals surface area (Å²) in [6, 6.07) is 5.53. The molecule has 0 radical (unpaired) electrons. The summed E-state index contributed by atoms with van der Waals surface area (Å²) in [5.74, 6) is -0.910. The van der Waals surface area contributed by atoms with Gasteiger partial charge in [0.2, 0.25) is 0 Å². The molecule has 80 valence electrons. The Morgan fingerprint density at radius 3 is 2.87 bits per heavy atom. The normalized spacial score (nSPS) is 11.8. The molecule has 0 bridgehead atoms. The van der Waals surface area contributed by atoms with Crippen molar-refractivity contribution in [2.24, 2.45) is 0 Å². The highest BCUT2D eigenvalue weighted by molar-refractivity contribution is 7.17. The molecule has 15 heavy (non-hydrogen) atoms. The lowest BCUT2D eigenvalue weighted by atomic mass is 10.2. The van der Waals surface area contributed by atoms with Crippen molar-refractivity contribution in [1.82, 2.24) is 0 Å². The third kappa shape index (κ3) is 2.70. The van der Waals surface area contributed by atoms with E-state index in [1.54, 1.807) is 12.1 Å². The first-order valence-electron chi connectivity index (χ1n) is 4.49. The molecule has 1 aromatic rings. The fourth-order valence-electron chi connectivity index (χ4n) is 1.12. The molecule has 0 fully saturated rings. The van der Waals surface area contributed by atoms with E-state index in [2.05, 4.69) is 6.07 Å². The second kappa shape index (κ2) is 4.80. The maximum Gasteiger partial charge on any atom is 0.345 e. The van der Waals surface area contributed by atoms with Gasteiger partial charge in [0.25, 0.3) is 0 Å². The molecule has 0 aliphatic heterocycles. The molecular weight excluding hydrogens is 212 g/mol. The molecule has 0 spiro atoms. The first kappa shape index (κ1) is 11.5. The molecule has 1 unspecified atom stereocenters. The predicted molar refractivity (Wildman–Crippen MR) is 59.4 cm³/mol. The fourth-order valence-corrected chi connectivity index (χ4v) is 2.03. The Morgan fingerprint density at radius 2 is 2.40 bits per heavy atom. The van der Waals surface area contributed by atoms with Crippen molar-refractivity contribution < 1.29 is 9.90 Å². The summed E-state index contributed by atoms with van der Waals surface area (Å²) in [5.41, 5.74) is 0. The molecule has 1 heterocycles. The van der Waals surface area contributed by atoms with E-state index >= 15 is 0 Å². The van der Waals surface area contributed by atoms with Crippen molar-refractivity contribution in [3.63, 3.8) is 0 Å². The second-order valence-electron chi connectivity index (χ2n) is 3.27. The topological polar surface area (TPSA) is 64.3 Å². The number of thiophene rings is 1. The standard InChI is InChI=1S/C10H12N2O2S/c1-7(5-6-11)12(2)9-4-3-8(15-9)10(13)14/h3-4,7H,5H2,1-2H3,(H,13,14). The lowest BCUT2D eigenvalue weighted by molar-refractivity contribution is 0.0702. The van der Waals surface area contributed by atoms with Crippen LogP contribution in [0.15, 0.2) is 12.1 Å². The van der Waals surface area contributed by atoms with Gasteiger partial charge in [-0.3, -0.25) is 0 Å². The van der Waals surface area contributed by atoms with Crippen LogP contribution in [0.1, 0.15) is 23.0 Å². The summed E-state index contributed by atoms with van der Waals surface area (Å²) >= 11 is 1.22. The van der Waals surface area contributed by atoms with Crippen molar-refractivity contribution >= 4 is 22.3 Å². The zero-order valence-electron chi connectivity index (χ0n) is 8.60. The smallest absolute Gasteiger partial charge is 0.345 e. The number of hydrogen-bond acceptors (Lipinski definition) is 4. The minimum atomic E-state index is -0.910. The lowest BCUT2D eigenvalue weighted by Crippen LogP contribution is -2.27. The van der Waals surface area contributed by atoms with Gasteiger partial charge in [-0.15, -0.1) is 11.3 Å². The monoisotopic (exact) mass is 224 g/mol. The number of carbonyl (C=O) groups is 1. The third-order valence-corrected chi connectivity index (χ3v) is 3.36. The molecule has 0 amide bonds. The van der Waals surface area contributed by atoms with Gasteiger partial charge in [-0.25, -0.2) is 4.79 Å². The lowest BCUT2D eigenvalue weighted by Gasteiger charge is -2.22. The number of rotatable bonds is 4. The van der Waals surface area contributed by atoms with Crippen LogP contribution in [0.2, 0.25) is 0 Å². The number of nitrogens with zero attached hydrogens (tertiary/aromatic N) is 2. The summed E-state index contributed by atoms with van der Waals surface area (Å²) in [7, 11) is 1.86. The summed E-state index contributed by atoms with van der Waals surface area (Å²) in [5, 5.41) is 18.2. The number of carboxylic acid groups (broad SMARTS) is 1. The van der Waals surface area contributed by atoms with Crippen LogP contribution in [0.3, 0.4) is 0 Å². The molecule has 5 heteroatoms. The van der Waals surface area contributed by atoms with Gasteiger partial charge in [-0.1, -0.05) is 0 Å². The van der Waals surface area contributed by atoms with Gasteiger partial charge in [0, 0.05) is 13.1 Å². The van der Waals surface area contributed by atoms with E-state index in [1.165, 1.54) is 11.3 Å². The Bertz CT molecular complexity index is 394. The molecule has 0 saturated heterocycles. The van der Waals surface area contributed by atoms with Gasteiger partial charge >= 0.3 is 5.97 Å². The van der Waals surface area contributed by atoms with Gasteiger partial charge in [-0.2, -0.15) is 5.26 Å². The largest absolute Gasteiger partial charge is 0.477 e. The number of anilines is 1. The molecule has 0 aliphatic carbocycles. The van der Waals surface area contributed by atoms with Crippen LogP contribution >= 0.6 is 11.3 Å². The molecule has 0 aromatic carbocycles. The third-order valence-electron chi connectivity index (χ3n) is 2.20. The molecule has 1 N–H and O–H groups in total. The number of hydrogen-bond donors (Lipinski definition) is 1. The molecule has 0 aliphatic rings. The summed E-state index contributed by atoms with van der Waals surface area (Å²) in [6.45, 7) is 1.93. The quantitative estimate of drug-likeness (QED) is 0.851. The Labute approximate surface area is 92.4 Å². The maximum absolute atomic E-state index is 10.7. The highest BCUT2D eigenvalue weighted by atomic mass is 32.1. The average Bonchev–Trinajstić information content (AvgIpc) is 2.65. The highest BCUT2D eigenvalue weighted by Crippen LogP contribution is 2.26. The second-order valence-corrected chi connectivity index (χ2v) is 4.33. The average molecular weight is 224 g/mol. The highest BCUT2D eigenvalue weighted by Gasteiger charge is 2.13. The molecular formula is C10H12N2O2S. The summed E-state index contributed by atoms with van der Waals surface area (Å²) in [4.78, 5) is 12.9. The Kier molecular flexibility index (Phi) is 3.69. The SMILES string of the molecule is CC(CC#N)N(C)c1ccc(C(=O)O)s1. The number of nitriles is 1. The van der Waals surface area contributed by atoms with Crippen molar-refractivity contribution in [3.8, 4) is 6.07 Å². The van der Waals surface area contributed by atoms with Crippen LogP contribution in [0.25, 0.3) is 0 Å². The van der Waals surface area contributed by atoms with Gasteiger partial charge in [-0.05, 0) is 19.1 Å². The molecule has 0 saturated carbocycles. The first-order chi connectivity index (χ1) is 7.06. The van der Waals surface area contributed by atoms with E-state index < -0.39 is 5.97 Å². The Hall–Kier alpha value is -1.54. The van der Waals surface area contributed by atoms with E-state index in [0.717, 1.165) is 5.00 Å². The molecule has 4 nitrogen and oxygen atoms in total. The van der Waals surface area contributed by atoms with E-state index in [4.69, 9.17) is 10.4 Å². The van der Waals surface area contributed by atoms with Crippen LogP contribution in [-0.4, -0.2) is 24.2 Å². The fraction of sp³-hybridized carbons (Fsp3) is 0.400. The zero-order chi connectivity index (χ0) is 11.4. The van der Waals surface area contributed by atoms with Gasteiger partial charge < -0.3 is 10.0 Å². The van der Waals surface area contributed by atoms with Crippen LogP contribution in [-0.2, 0) is 0 Å². The summed E-state index contributed by atoms with van der Waals surface area (Å²) < 4.78 is 0. The van der Waals surface area contributed by atoms with Crippen LogP contribution in [0.4, 0.5) is 5.00 Å². The van der Waals surface area contributed by atoms with E-state index in [0.29, 0.717) is 11.3 Å².